The van der Waals surface area contributed by atoms with Gasteiger partial charge in [0.1, 0.15) is 5.82 Å². The zero-order chi connectivity index (χ0) is 16.4. The number of rotatable bonds is 5. The molecule has 0 saturated heterocycles. The van der Waals surface area contributed by atoms with Gasteiger partial charge in [0.2, 0.25) is 0 Å². The van der Waals surface area contributed by atoms with Crippen LogP contribution in [0.1, 0.15) is 36.0 Å². The summed E-state index contributed by atoms with van der Waals surface area (Å²) in [6, 6.07) is 4.60. The van der Waals surface area contributed by atoms with Gasteiger partial charge in [0.15, 0.2) is 4.77 Å². The monoisotopic (exact) mass is 332 g/mol. The summed E-state index contributed by atoms with van der Waals surface area (Å²) in [7, 11) is 0. The molecule has 120 valence electrons. The number of hydrogen-bond acceptors (Lipinski definition) is 3. The number of aromatic nitrogens is 2. The average Bonchev–Trinajstić information content (AvgIpc) is 2.84. The minimum Gasteiger partial charge on any atom is -0.337 e. The molecule has 2 aromatic rings. The van der Waals surface area contributed by atoms with E-state index in [1.54, 1.807) is 4.90 Å². The molecule has 2 N–H and O–H groups in total. The minimum atomic E-state index is -0.491. The van der Waals surface area contributed by atoms with Crippen LogP contribution in [-0.4, -0.2) is 33.9 Å². The molecule has 3 rings (SSSR count). The summed E-state index contributed by atoms with van der Waals surface area (Å²) < 4.78 is 14.2. The van der Waals surface area contributed by atoms with Crippen molar-refractivity contribution in [2.24, 2.45) is 5.92 Å². The molecule has 23 heavy (non-hydrogen) atoms. The highest BCUT2D eigenvalue weighted by Crippen LogP contribution is 2.28. The Balaban J connectivity index is 1.95. The lowest BCUT2D eigenvalue weighted by Crippen LogP contribution is -2.38. The first-order chi connectivity index (χ1) is 11.1. The lowest BCUT2D eigenvalue weighted by atomic mass is 9.85. The summed E-state index contributed by atoms with van der Waals surface area (Å²) in [6.45, 7) is 0.971. The number of nitriles is 1. The summed E-state index contributed by atoms with van der Waals surface area (Å²) >= 11 is 5.03. The number of carbonyl (C=O) groups is 1. The van der Waals surface area contributed by atoms with Gasteiger partial charge in [0.25, 0.3) is 5.91 Å². The average molecular weight is 332 g/mol. The molecular formula is C16H17FN4OS. The second-order valence-corrected chi connectivity index (χ2v) is 6.32. The maximum absolute atomic E-state index is 13.8. The van der Waals surface area contributed by atoms with Gasteiger partial charge in [0, 0.05) is 13.1 Å². The van der Waals surface area contributed by atoms with E-state index in [-0.39, 0.29) is 17.9 Å². The van der Waals surface area contributed by atoms with E-state index in [0.29, 0.717) is 34.8 Å². The third-order valence-electron chi connectivity index (χ3n) is 4.30. The first kappa shape index (κ1) is 15.7. The van der Waals surface area contributed by atoms with Gasteiger partial charge in [-0.25, -0.2) is 4.39 Å². The van der Waals surface area contributed by atoms with Crippen molar-refractivity contribution in [3.05, 3.63) is 28.3 Å². The summed E-state index contributed by atoms with van der Waals surface area (Å²) in [6.07, 6.45) is 3.64. The van der Waals surface area contributed by atoms with Gasteiger partial charge in [-0.2, -0.15) is 5.26 Å². The number of nitrogens with zero attached hydrogens (tertiary/aromatic N) is 2. The molecule has 1 fully saturated rings. The SMILES string of the molecule is N#CCCN(CC1CCC1)C(=O)c1cc(F)cc2[nH]c(=S)[nH]c12. The van der Waals surface area contributed by atoms with Crippen molar-refractivity contribution >= 4 is 29.2 Å². The van der Waals surface area contributed by atoms with Crippen molar-refractivity contribution in [2.45, 2.75) is 25.7 Å². The minimum absolute atomic E-state index is 0.254. The predicted octanol–water partition coefficient (Wildman–Crippen LogP) is 3.52. The predicted molar refractivity (Wildman–Crippen MR) is 86.9 cm³/mol. The number of hydrogen-bond donors (Lipinski definition) is 2. The summed E-state index contributed by atoms with van der Waals surface area (Å²) in [5.74, 6) is -0.275. The summed E-state index contributed by atoms with van der Waals surface area (Å²) in [4.78, 5) is 20.3. The van der Waals surface area contributed by atoms with Gasteiger partial charge < -0.3 is 14.9 Å². The lowest BCUT2D eigenvalue weighted by Gasteiger charge is -2.32. The number of halogens is 1. The van der Waals surface area contributed by atoms with Crippen molar-refractivity contribution in [2.75, 3.05) is 13.1 Å². The zero-order valence-electron chi connectivity index (χ0n) is 12.6. The molecule has 1 saturated carbocycles. The highest BCUT2D eigenvalue weighted by molar-refractivity contribution is 7.71. The van der Waals surface area contributed by atoms with Gasteiger partial charge in [-0.3, -0.25) is 4.79 Å². The van der Waals surface area contributed by atoms with Crippen molar-refractivity contribution in [1.82, 2.24) is 14.9 Å². The fourth-order valence-electron chi connectivity index (χ4n) is 2.89. The Hall–Kier alpha value is -2.20. The van der Waals surface area contributed by atoms with Gasteiger partial charge in [0.05, 0.1) is 29.1 Å². The molecule has 1 heterocycles. The van der Waals surface area contributed by atoms with Crippen LogP contribution in [0.4, 0.5) is 4.39 Å². The fraction of sp³-hybridized carbons (Fsp3) is 0.438. The van der Waals surface area contributed by atoms with Gasteiger partial charge >= 0.3 is 0 Å². The molecule has 0 spiro atoms. The molecule has 1 aromatic carbocycles. The van der Waals surface area contributed by atoms with Crippen LogP contribution in [0.5, 0.6) is 0 Å². The standard InChI is InChI=1S/C16H17FN4OS/c17-11-7-12(14-13(8-11)19-16(23)20-14)15(22)21(6-2-5-18)9-10-3-1-4-10/h7-8,10H,1-4,6,9H2,(H2,19,20,23). The Labute approximate surface area is 138 Å². The first-order valence-corrected chi connectivity index (χ1v) is 8.07. The Morgan fingerprint density at radius 3 is 2.87 bits per heavy atom. The number of carbonyl (C=O) groups excluding carboxylic acids is 1. The van der Waals surface area contributed by atoms with Crippen LogP contribution in [0.2, 0.25) is 0 Å². The van der Waals surface area contributed by atoms with E-state index < -0.39 is 5.82 Å². The molecule has 1 aromatic heterocycles. The smallest absolute Gasteiger partial charge is 0.256 e. The normalized spacial score (nSPS) is 14.4. The molecule has 0 aliphatic heterocycles. The molecule has 0 radical (unpaired) electrons. The Kier molecular flexibility index (Phi) is 4.44. The molecule has 0 unspecified atom stereocenters. The van der Waals surface area contributed by atoms with Gasteiger partial charge in [-0.05, 0) is 43.1 Å². The Bertz CT molecular complexity index is 831. The van der Waals surface area contributed by atoms with E-state index in [1.165, 1.54) is 18.6 Å². The maximum atomic E-state index is 13.8. The summed E-state index contributed by atoms with van der Waals surface area (Å²) in [5.41, 5.74) is 1.24. The van der Waals surface area contributed by atoms with Crippen LogP contribution in [0, 0.1) is 27.8 Å². The van der Waals surface area contributed by atoms with Crippen LogP contribution < -0.4 is 0 Å². The van der Waals surface area contributed by atoms with Crippen molar-refractivity contribution in [3.8, 4) is 6.07 Å². The van der Waals surface area contributed by atoms with E-state index in [4.69, 9.17) is 17.5 Å². The highest BCUT2D eigenvalue weighted by Gasteiger charge is 2.26. The molecule has 1 aliphatic carbocycles. The van der Waals surface area contributed by atoms with Crippen LogP contribution in [0.25, 0.3) is 11.0 Å². The Morgan fingerprint density at radius 2 is 2.22 bits per heavy atom. The second kappa shape index (κ2) is 6.50. The number of H-pyrrole nitrogens is 2. The van der Waals surface area contributed by atoms with Crippen molar-refractivity contribution in [3.63, 3.8) is 0 Å². The maximum Gasteiger partial charge on any atom is 0.256 e. The van der Waals surface area contributed by atoms with E-state index in [9.17, 15) is 9.18 Å². The Morgan fingerprint density at radius 1 is 1.43 bits per heavy atom. The third kappa shape index (κ3) is 3.27. The summed E-state index contributed by atoms with van der Waals surface area (Å²) in [5, 5.41) is 8.82. The molecule has 0 atom stereocenters. The van der Waals surface area contributed by atoms with E-state index in [0.717, 1.165) is 12.8 Å². The van der Waals surface area contributed by atoms with Crippen molar-refractivity contribution in [1.29, 1.82) is 5.26 Å². The number of fused-ring (bicyclic) bond motifs is 1. The third-order valence-corrected chi connectivity index (χ3v) is 4.51. The van der Waals surface area contributed by atoms with Crippen molar-refractivity contribution < 1.29 is 9.18 Å². The first-order valence-electron chi connectivity index (χ1n) is 7.66. The van der Waals surface area contributed by atoms with Crippen LogP contribution in [-0.2, 0) is 0 Å². The number of imidazole rings is 1. The quantitative estimate of drug-likeness (QED) is 0.823. The molecule has 1 amide bonds. The largest absolute Gasteiger partial charge is 0.337 e. The van der Waals surface area contributed by atoms with Gasteiger partial charge in [-0.15, -0.1) is 0 Å². The second-order valence-electron chi connectivity index (χ2n) is 5.91. The van der Waals surface area contributed by atoms with Crippen LogP contribution >= 0.6 is 12.2 Å². The topological polar surface area (TPSA) is 75.7 Å². The van der Waals surface area contributed by atoms with E-state index in [1.807, 2.05) is 0 Å². The number of aromatic amines is 2. The number of benzene rings is 1. The molecule has 0 bridgehead atoms. The number of amides is 1. The molecule has 1 aliphatic rings. The van der Waals surface area contributed by atoms with E-state index >= 15 is 0 Å². The fourth-order valence-corrected chi connectivity index (χ4v) is 3.11. The van der Waals surface area contributed by atoms with E-state index in [2.05, 4.69) is 16.0 Å². The number of nitrogens with one attached hydrogen (secondary N) is 2. The highest BCUT2D eigenvalue weighted by atomic mass is 32.1. The lowest BCUT2D eigenvalue weighted by molar-refractivity contribution is 0.0701. The molecule has 7 heteroatoms. The molecule has 5 nitrogen and oxygen atoms in total. The van der Waals surface area contributed by atoms with Gasteiger partial charge in [-0.1, -0.05) is 6.42 Å². The zero-order valence-corrected chi connectivity index (χ0v) is 13.4. The van der Waals surface area contributed by atoms with Crippen LogP contribution in [0.3, 0.4) is 0 Å². The van der Waals surface area contributed by atoms with Crippen LogP contribution in [0.15, 0.2) is 12.1 Å². The molecular weight excluding hydrogens is 315 g/mol.